The van der Waals surface area contributed by atoms with Crippen LogP contribution < -0.4 is 11.1 Å². The summed E-state index contributed by atoms with van der Waals surface area (Å²) in [6.07, 6.45) is 5.22. The summed E-state index contributed by atoms with van der Waals surface area (Å²) in [7, 11) is 0. The van der Waals surface area contributed by atoms with Gasteiger partial charge in [-0.3, -0.25) is 4.79 Å². The van der Waals surface area contributed by atoms with Gasteiger partial charge < -0.3 is 15.8 Å². The number of nitrogens with one attached hydrogen (secondary N) is 1. The maximum atomic E-state index is 12.9. The SMILES string of the molecule is Cl.NC1C2CCC(C2)C1C(=O)NCC1(c2ccccc2Cl)CCOCC1. The van der Waals surface area contributed by atoms with Crippen LogP contribution in [0.15, 0.2) is 24.3 Å². The summed E-state index contributed by atoms with van der Waals surface area (Å²) in [5.74, 6) is 1.15. The molecule has 2 bridgehead atoms. The first-order chi connectivity index (χ1) is 12.1. The first-order valence-electron chi connectivity index (χ1n) is 9.47. The normalized spacial score (nSPS) is 32.1. The number of carbonyl (C=O) groups excluding carboxylic acids is 1. The molecule has 0 aromatic heterocycles. The molecule has 6 heteroatoms. The van der Waals surface area contributed by atoms with Crippen LogP contribution in [0.2, 0.25) is 5.02 Å². The number of nitrogens with two attached hydrogens (primary N) is 1. The lowest BCUT2D eigenvalue weighted by atomic mass is 9.73. The fourth-order valence-electron chi connectivity index (χ4n) is 5.29. The van der Waals surface area contributed by atoms with E-state index in [1.165, 1.54) is 6.42 Å². The molecule has 0 spiro atoms. The number of benzene rings is 1. The first kappa shape index (κ1) is 19.9. The highest BCUT2D eigenvalue weighted by molar-refractivity contribution is 6.31. The first-order valence-corrected chi connectivity index (χ1v) is 9.84. The lowest BCUT2D eigenvalue weighted by Gasteiger charge is -2.39. The second-order valence-electron chi connectivity index (χ2n) is 8.03. The molecule has 1 heterocycles. The average molecular weight is 399 g/mol. The molecule has 4 atom stereocenters. The molecule has 3 N–H and O–H groups in total. The summed E-state index contributed by atoms with van der Waals surface area (Å²) in [4.78, 5) is 12.9. The maximum absolute atomic E-state index is 12.9. The summed E-state index contributed by atoms with van der Waals surface area (Å²) >= 11 is 6.49. The highest BCUT2D eigenvalue weighted by Gasteiger charge is 2.49. The molecular formula is C20H28Cl2N2O2. The van der Waals surface area contributed by atoms with E-state index in [0.29, 0.717) is 31.6 Å². The van der Waals surface area contributed by atoms with Gasteiger partial charge in [0, 0.05) is 36.2 Å². The Hall–Kier alpha value is -0.810. The van der Waals surface area contributed by atoms with Crippen molar-refractivity contribution in [2.24, 2.45) is 23.5 Å². The number of fused-ring (bicyclic) bond motifs is 2. The summed E-state index contributed by atoms with van der Waals surface area (Å²) in [5, 5.41) is 4.02. The summed E-state index contributed by atoms with van der Waals surface area (Å²) in [6, 6.07) is 8.02. The number of amides is 1. The van der Waals surface area contributed by atoms with Crippen molar-refractivity contribution >= 4 is 29.9 Å². The molecule has 1 aromatic carbocycles. The van der Waals surface area contributed by atoms with Gasteiger partial charge in [0.15, 0.2) is 0 Å². The summed E-state index contributed by atoms with van der Waals surface area (Å²) in [5.41, 5.74) is 7.32. The van der Waals surface area contributed by atoms with Crippen LogP contribution in [-0.2, 0) is 14.9 Å². The zero-order valence-corrected chi connectivity index (χ0v) is 16.5. The summed E-state index contributed by atoms with van der Waals surface area (Å²) < 4.78 is 5.57. The van der Waals surface area contributed by atoms with E-state index >= 15 is 0 Å². The Morgan fingerprint density at radius 1 is 1.23 bits per heavy atom. The fraction of sp³-hybridized carbons (Fsp3) is 0.650. The molecule has 1 saturated heterocycles. The lowest BCUT2D eigenvalue weighted by Crippen LogP contribution is -2.50. The standard InChI is InChI=1S/C20H27ClN2O2.ClH/c21-16-4-2-1-3-15(16)20(7-9-25-10-8-20)12-23-19(24)17-13-5-6-14(11-13)18(17)22;/h1-4,13-14,17-18H,5-12,22H2,(H,23,24);1H. The Kier molecular flexibility index (Phi) is 6.18. The highest BCUT2D eigenvalue weighted by atomic mass is 35.5. The molecule has 2 saturated carbocycles. The van der Waals surface area contributed by atoms with Crippen molar-refractivity contribution in [3.8, 4) is 0 Å². The largest absolute Gasteiger partial charge is 0.381 e. The predicted molar refractivity (Wildman–Crippen MR) is 106 cm³/mol. The minimum Gasteiger partial charge on any atom is -0.381 e. The second-order valence-corrected chi connectivity index (χ2v) is 8.43. The zero-order valence-electron chi connectivity index (χ0n) is 15.0. The van der Waals surface area contributed by atoms with Crippen LogP contribution in [0.1, 0.15) is 37.7 Å². The van der Waals surface area contributed by atoms with Gasteiger partial charge in [0.05, 0.1) is 5.92 Å². The molecule has 4 rings (SSSR count). The molecule has 4 unspecified atom stereocenters. The van der Waals surface area contributed by atoms with E-state index in [1.54, 1.807) is 0 Å². The molecular weight excluding hydrogens is 371 g/mol. The summed E-state index contributed by atoms with van der Waals surface area (Å²) in [6.45, 7) is 2.02. The van der Waals surface area contributed by atoms with Gasteiger partial charge in [-0.1, -0.05) is 29.8 Å². The van der Waals surface area contributed by atoms with Gasteiger partial charge in [-0.2, -0.15) is 0 Å². The van der Waals surface area contributed by atoms with Crippen molar-refractivity contribution in [2.75, 3.05) is 19.8 Å². The zero-order chi connectivity index (χ0) is 17.4. The molecule has 1 amide bonds. The molecule has 4 nitrogen and oxygen atoms in total. The molecule has 3 aliphatic rings. The van der Waals surface area contributed by atoms with Crippen molar-refractivity contribution in [3.05, 3.63) is 34.9 Å². The van der Waals surface area contributed by atoms with Gasteiger partial charge in [-0.15, -0.1) is 12.4 Å². The lowest BCUT2D eigenvalue weighted by molar-refractivity contribution is -0.127. The van der Waals surface area contributed by atoms with E-state index in [0.717, 1.165) is 36.3 Å². The fourth-order valence-corrected chi connectivity index (χ4v) is 5.63. The Morgan fingerprint density at radius 3 is 2.58 bits per heavy atom. The monoisotopic (exact) mass is 398 g/mol. The minimum absolute atomic E-state index is 0. The van der Waals surface area contributed by atoms with Crippen LogP contribution in [0.3, 0.4) is 0 Å². The van der Waals surface area contributed by atoms with E-state index in [2.05, 4.69) is 11.4 Å². The Bertz CT molecular complexity index is 646. The third-order valence-corrected chi connectivity index (χ3v) is 7.11. The minimum atomic E-state index is -0.145. The van der Waals surface area contributed by atoms with Crippen molar-refractivity contribution < 1.29 is 9.53 Å². The average Bonchev–Trinajstić information content (AvgIpc) is 3.22. The molecule has 144 valence electrons. The van der Waals surface area contributed by atoms with Gasteiger partial charge in [0.2, 0.25) is 5.91 Å². The van der Waals surface area contributed by atoms with Gasteiger partial charge in [-0.25, -0.2) is 0 Å². The number of ether oxygens (including phenoxy) is 1. The quantitative estimate of drug-likeness (QED) is 0.817. The number of hydrogen-bond acceptors (Lipinski definition) is 3. The van der Waals surface area contributed by atoms with Crippen LogP contribution in [0, 0.1) is 17.8 Å². The van der Waals surface area contributed by atoms with E-state index in [4.69, 9.17) is 22.1 Å². The Balaban J connectivity index is 0.00000196. The van der Waals surface area contributed by atoms with Crippen molar-refractivity contribution in [1.29, 1.82) is 0 Å². The van der Waals surface area contributed by atoms with Crippen LogP contribution in [0.4, 0.5) is 0 Å². The maximum Gasteiger partial charge on any atom is 0.224 e. The smallest absolute Gasteiger partial charge is 0.224 e. The van der Waals surface area contributed by atoms with Crippen LogP contribution >= 0.6 is 24.0 Å². The van der Waals surface area contributed by atoms with E-state index in [-0.39, 0.29) is 35.7 Å². The predicted octanol–water partition coefficient (Wildman–Crippen LogP) is 3.30. The van der Waals surface area contributed by atoms with E-state index in [9.17, 15) is 4.79 Å². The number of rotatable bonds is 4. The molecule has 0 radical (unpaired) electrons. The molecule has 1 aromatic rings. The highest BCUT2D eigenvalue weighted by Crippen LogP contribution is 2.47. The number of hydrogen-bond donors (Lipinski definition) is 2. The Morgan fingerprint density at radius 2 is 1.92 bits per heavy atom. The third kappa shape index (κ3) is 3.49. The van der Waals surface area contributed by atoms with E-state index in [1.807, 2.05) is 18.2 Å². The van der Waals surface area contributed by atoms with Crippen LogP contribution in [-0.4, -0.2) is 31.7 Å². The van der Waals surface area contributed by atoms with Gasteiger partial charge >= 0.3 is 0 Å². The molecule has 1 aliphatic heterocycles. The second kappa shape index (κ2) is 8.05. The Labute approximate surface area is 166 Å². The van der Waals surface area contributed by atoms with Gasteiger partial charge in [-0.05, 0) is 55.6 Å². The van der Waals surface area contributed by atoms with Crippen LogP contribution in [0.25, 0.3) is 0 Å². The van der Waals surface area contributed by atoms with Gasteiger partial charge in [0.25, 0.3) is 0 Å². The topological polar surface area (TPSA) is 64.4 Å². The van der Waals surface area contributed by atoms with Crippen LogP contribution in [0.5, 0.6) is 0 Å². The third-order valence-electron chi connectivity index (χ3n) is 6.78. The molecule has 26 heavy (non-hydrogen) atoms. The number of halogens is 2. The van der Waals surface area contributed by atoms with Crippen molar-refractivity contribution in [3.63, 3.8) is 0 Å². The molecule has 2 aliphatic carbocycles. The number of carbonyl (C=O) groups is 1. The van der Waals surface area contributed by atoms with Gasteiger partial charge in [0.1, 0.15) is 0 Å². The molecule has 3 fully saturated rings. The van der Waals surface area contributed by atoms with Crippen molar-refractivity contribution in [2.45, 2.75) is 43.6 Å². The van der Waals surface area contributed by atoms with Crippen molar-refractivity contribution in [1.82, 2.24) is 5.32 Å². The van der Waals surface area contributed by atoms with E-state index < -0.39 is 0 Å².